The smallest absolute Gasteiger partial charge is 0.0360 e. The third-order valence-electron chi connectivity index (χ3n) is 3.27. The van der Waals surface area contributed by atoms with Crippen molar-refractivity contribution in [2.45, 2.75) is 32.7 Å². The highest BCUT2D eigenvalue weighted by Gasteiger charge is 2.11. The molecule has 0 aliphatic rings. The number of aryl methyl sites for hydroxylation is 1. The Bertz CT molecular complexity index is 494. The molecular formula is C17H22N2. The average Bonchev–Trinajstić information content (AvgIpc) is 2.44. The summed E-state index contributed by atoms with van der Waals surface area (Å²) < 4.78 is 0. The van der Waals surface area contributed by atoms with Crippen LogP contribution in [0.1, 0.15) is 36.1 Å². The SMILES string of the molecule is CCCNC(Cc1ccncc1)c1cccc(C)c1. The zero-order chi connectivity index (χ0) is 13.5. The van der Waals surface area contributed by atoms with Crippen molar-refractivity contribution in [3.8, 4) is 0 Å². The van der Waals surface area contributed by atoms with Crippen LogP contribution in [-0.4, -0.2) is 11.5 Å². The van der Waals surface area contributed by atoms with Gasteiger partial charge in [-0.25, -0.2) is 0 Å². The summed E-state index contributed by atoms with van der Waals surface area (Å²) in [7, 11) is 0. The van der Waals surface area contributed by atoms with Crippen LogP contribution in [0.3, 0.4) is 0 Å². The molecule has 0 bridgehead atoms. The molecule has 0 fully saturated rings. The van der Waals surface area contributed by atoms with Gasteiger partial charge in [-0.1, -0.05) is 36.8 Å². The highest BCUT2D eigenvalue weighted by atomic mass is 14.9. The number of hydrogen-bond donors (Lipinski definition) is 1. The Kier molecular flexibility index (Phi) is 5.10. The molecule has 19 heavy (non-hydrogen) atoms. The van der Waals surface area contributed by atoms with Crippen LogP contribution in [0, 0.1) is 6.92 Å². The predicted octanol–water partition coefficient (Wildman–Crippen LogP) is 3.67. The van der Waals surface area contributed by atoms with Crippen LogP contribution in [0.15, 0.2) is 48.8 Å². The first-order valence-corrected chi connectivity index (χ1v) is 6.98. The molecule has 0 radical (unpaired) electrons. The molecule has 0 saturated heterocycles. The van der Waals surface area contributed by atoms with Crippen LogP contribution in [0.25, 0.3) is 0 Å². The van der Waals surface area contributed by atoms with Crippen molar-refractivity contribution in [2.24, 2.45) is 0 Å². The van der Waals surface area contributed by atoms with Gasteiger partial charge in [-0.3, -0.25) is 4.98 Å². The molecular weight excluding hydrogens is 232 g/mol. The Hall–Kier alpha value is -1.67. The normalized spacial score (nSPS) is 12.3. The summed E-state index contributed by atoms with van der Waals surface area (Å²) in [5.74, 6) is 0. The van der Waals surface area contributed by atoms with Crippen molar-refractivity contribution in [2.75, 3.05) is 6.54 Å². The number of aromatic nitrogens is 1. The molecule has 0 amide bonds. The number of rotatable bonds is 6. The molecule has 2 heteroatoms. The summed E-state index contributed by atoms with van der Waals surface area (Å²) in [5.41, 5.74) is 4.01. The average molecular weight is 254 g/mol. The van der Waals surface area contributed by atoms with Crippen molar-refractivity contribution in [3.63, 3.8) is 0 Å². The number of nitrogens with one attached hydrogen (secondary N) is 1. The Morgan fingerprint density at radius 1 is 1.16 bits per heavy atom. The largest absolute Gasteiger partial charge is 0.310 e. The lowest BCUT2D eigenvalue weighted by atomic mass is 9.98. The van der Waals surface area contributed by atoms with Gasteiger partial charge in [0.25, 0.3) is 0 Å². The van der Waals surface area contributed by atoms with Crippen molar-refractivity contribution in [3.05, 3.63) is 65.5 Å². The van der Waals surface area contributed by atoms with E-state index in [9.17, 15) is 0 Å². The Balaban J connectivity index is 2.16. The minimum atomic E-state index is 0.377. The maximum atomic E-state index is 4.08. The molecule has 2 aromatic rings. The molecule has 0 aliphatic carbocycles. The highest BCUT2D eigenvalue weighted by Crippen LogP contribution is 2.19. The zero-order valence-corrected chi connectivity index (χ0v) is 11.8. The van der Waals surface area contributed by atoms with Crippen LogP contribution < -0.4 is 5.32 Å². The van der Waals surface area contributed by atoms with E-state index in [1.54, 1.807) is 0 Å². The second kappa shape index (κ2) is 7.05. The van der Waals surface area contributed by atoms with E-state index in [1.165, 1.54) is 16.7 Å². The van der Waals surface area contributed by atoms with Crippen LogP contribution in [0.4, 0.5) is 0 Å². The first-order chi connectivity index (χ1) is 9.29. The van der Waals surface area contributed by atoms with E-state index in [4.69, 9.17) is 0 Å². The van der Waals surface area contributed by atoms with E-state index in [0.717, 1.165) is 19.4 Å². The van der Waals surface area contributed by atoms with Gasteiger partial charge < -0.3 is 5.32 Å². The monoisotopic (exact) mass is 254 g/mol. The fraction of sp³-hybridized carbons (Fsp3) is 0.353. The van der Waals surface area contributed by atoms with Crippen LogP contribution in [-0.2, 0) is 6.42 Å². The van der Waals surface area contributed by atoms with Gasteiger partial charge in [0.2, 0.25) is 0 Å². The topological polar surface area (TPSA) is 24.9 Å². The summed E-state index contributed by atoms with van der Waals surface area (Å²) in [6, 6.07) is 13.3. The fourth-order valence-electron chi connectivity index (χ4n) is 2.27. The Morgan fingerprint density at radius 3 is 2.63 bits per heavy atom. The Morgan fingerprint density at radius 2 is 1.95 bits per heavy atom. The molecule has 1 heterocycles. The van der Waals surface area contributed by atoms with Crippen LogP contribution in [0.5, 0.6) is 0 Å². The lowest BCUT2D eigenvalue weighted by Crippen LogP contribution is -2.24. The van der Waals surface area contributed by atoms with Crippen molar-refractivity contribution in [1.29, 1.82) is 0 Å². The van der Waals surface area contributed by atoms with Gasteiger partial charge in [0.1, 0.15) is 0 Å². The molecule has 2 nitrogen and oxygen atoms in total. The molecule has 1 unspecified atom stereocenters. The Labute approximate surface area is 115 Å². The van der Waals surface area contributed by atoms with E-state index < -0.39 is 0 Å². The zero-order valence-electron chi connectivity index (χ0n) is 11.8. The molecule has 1 N–H and O–H groups in total. The van der Waals surface area contributed by atoms with Gasteiger partial charge >= 0.3 is 0 Å². The molecule has 100 valence electrons. The van der Waals surface area contributed by atoms with E-state index >= 15 is 0 Å². The van der Waals surface area contributed by atoms with Gasteiger partial charge in [-0.15, -0.1) is 0 Å². The standard InChI is InChI=1S/C17H22N2/c1-3-9-19-17(13-15-7-10-18-11-8-15)16-6-4-5-14(2)12-16/h4-8,10-12,17,19H,3,9,13H2,1-2H3. The minimum absolute atomic E-state index is 0.377. The summed E-state index contributed by atoms with van der Waals surface area (Å²) in [6.07, 6.45) is 5.88. The molecule has 0 saturated carbocycles. The van der Waals surface area contributed by atoms with Gasteiger partial charge in [0.05, 0.1) is 0 Å². The summed E-state index contributed by atoms with van der Waals surface area (Å²) in [4.78, 5) is 4.08. The first-order valence-electron chi connectivity index (χ1n) is 6.98. The third-order valence-corrected chi connectivity index (χ3v) is 3.27. The van der Waals surface area contributed by atoms with E-state index in [1.807, 2.05) is 12.4 Å². The third kappa shape index (κ3) is 4.18. The first kappa shape index (κ1) is 13.8. The fourth-order valence-corrected chi connectivity index (χ4v) is 2.27. The van der Waals surface area contributed by atoms with Gasteiger partial charge in [0.15, 0.2) is 0 Å². The quantitative estimate of drug-likeness (QED) is 0.850. The molecule has 1 atom stereocenters. The second-order valence-corrected chi connectivity index (χ2v) is 4.98. The van der Waals surface area contributed by atoms with E-state index in [2.05, 4.69) is 60.5 Å². The summed E-state index contributed by atoms with van der Waals surface area (Å²) in [5, 5.41) is 3.64. The maximum Gasteiger partial charge on any atom is 0.0360 e. The lowest BCUT2D eigenvalue weighted by Gasteiger charge is -2.19. The summed E-state index contributed by atoms with van der Waals surface area (Å²) in [6.45, 7) is 5.39. The molecule has 0 spiro atoms. The second-order valence-electron chi connectivity index (χ2n) is 4.98. The molecule has 1 aromatic carbocycles. The van der Waals surface area contributed by atoms with Crippen LogP contribution >= 0.6 is 0 Å². The van der Waals surface area contributed by atoms with Gasteiger partial charge in [-0.05, 0) is 49.6 Å². The van der Waals surface area contributed by atoms with Gasteiger partial charge in [-0.2, -0.15) is 0 Å². The lowest BCUT2D eigenvalue weighted by molar-refractivity contribution is 0.529. The number of nitrogens with zero attached hydrogens (tertiary/aromatic N) is 1. The highest BCUT2D eigenvalue weighted by molar-refractivity contribution is 5.27. The summed E-state index contributed by atoms with van der Waals surface area (Å²) >= 11 is 0. The van der Waals surface area contributed by atoms with Crippen molar-refractivity contribution >= 4 is 0 Å². The van der Waals surface area contributed by atoms with Crippen molar-refractivity contribution in [1.82, 2.24) is 10.3 Å². The number of benzene rings is 1. The van der Waals surface area contributed by atoms with Crippen LogP contribution in [0.2, 0.25) is 0 Å². The predicted molar refractivity (Wildman–Crippen MR) is 80.2 cm³/mol. The molecule has 2 rings (SSSR count). The number of hydrogen-bond acceptors (Lipinski definition) is 2. The molecule has 1 aromatic heterocycles. The van der Waals surface area contributed by atoms with Gasteiger partial charge in [0, 0.05) is 18.4 Å². The molecule has 0 aliphatic heterocycles. The van der Waals surface area contributed by atoms with E-state index in [0.29, 0.717) is 6.04 Å². The van der Waals surface area contributed by atoms with E-state index in [-0.39, 0.29) is 0 Å². The minimum Gasteiger partial charge on any atom is -0.310 e. The maximum absolute atomic E-state index is 4.08. The van der Waals surface area contributed by atoms with Crippen molar-refractivity contribution < 1.29 is 0 Å². The number of pyridine rings is 1.